The van der Waals surface area contributed by atoms with E-state index in [9.17, 15) is 19.2 Å². The van der Waals surface area contributed by atoms with Gasteiger partial charge < -0.3 is 20.0 Å². The second-order valence-corrected chi connectivity index (χ2v) is 5.76. The first-order valence-electron chi connectivity index (χ1n) is 8.29. The lowest BCUT2D eigenvalue weighted by Crippen LogP contribution is -2.37. The number of benzene rings is 1. The lowest BCUT2D eigenvalue weighted by molar-refractivity contribution is -0.125. The molecular formula is C19H21N3O4. The van der Waals surface area contributed by atoms with Crippen molar-refractivity contribution in [1.82, 2.24) is 9.88 Å². The number of aldehydes is 1. The van der Waals surface area contributed by atoms with Crippen LogP contribution in [0.15, 0.2) is 53.5 Å². The molecule has 0 aliphatic rings. The van der Waals surface area contributed by atoms with Crippen LogP contribution < -0.4 is 16.2 Å². The van der Waals surface area contributed by atoms with Gasteiger partial charge in [-0.2, -0.15) is 0 Å². The zero-order valence-corrected chi connectivity index (χ0v) is 14.5. The minimum Gasteiger partial charge on any atom is -0.348 e. The standard InChI is InChI=1S/C19H21N3O4/c1-14(18(25)20-11-13-23)22-12-5-8-16(19(22)26)21-17(24)10-9-15-6-3-2-4-7-15/h2-8,12-14H,9-11H2,1H3,(H,20,25)(H,21,24)/t14-/m0/s1. The molecule has 2 rings (SSSR count). The van der Waals surface area contributed by atoms with Crippen molar-refractivity contribution >= 4 is 23.8 Å². The zero-order valence-electron chi connectivity index (χ0n) is 14.5. The van der Waals surface area contributed by atoms with Crippen LogP contribution in [0.2, 0.25) is 0 Å². The van der Waals surface area contributed by atoms with Gasteiger partial charge in [0.2, 0.25) is 11.8 Å². The van der Waals surface area contributed by atoms with Crippen molar-refractivity contribution in [3.05, 3.63) is 64.6 Å². The zero-order chi connectivity index (χ0) is 18.9. The van der Waals surface area contributed by atoms with E-state index in [0.717, 1.165) is 5.56 Å². The molecule has 7 nitrogen and oxygen atoms in total. The fourth-order valence-corrected chi connectivity index (χ4v) is 2.44. The topological polar surface area (TPSA) is 97.3 Å². The molecule has 26 heavy (non-hydrogen) atoms. The Morgan fingerprint density at radius 2 is 1.88 bits per heavy atom. The maximum Gasteiger partial charge on any atom is 0.275 e. The normalized spacial score (nSPS) is 11.4. The van der Waals surface area contributed by atoms with Crippen molar-refractivity contribution in [3.63, 3.8) is 0 Å². The van der Waals surface area contributed by atoms with E-state index in [1.54, 1.807) is 13.0 Å². The molecule has 1 heterocycles. The van der Waals surface area contributed by atoms with E-state index in [-0.39, 0.29) is 24.6 Å². The van der Waals surface area contributed by atoms with Gasteiger partial charge in [0.05, 0.1) is 6.54 Å². The number of anilines is 1. The van der Waals surface area contributed by atoms with Gasteiger partial charge in [-0.1, -0.05) is 30.3 Å². The van der Waals surface area contributed by atoms with Crippen LogP contribution in [0.25, 0.3) is 0 Å². The SMILES string of the molecule is C[C@@H](C(=O)NCC=O)n1cccc(NC(=O)CCc2ccccc2)c1=O. The minimum atomic E-state index is -0.802. The molecule has 2 N–H and O–H groups in total. The summed E-state index contributed by atoms with van der Waals surface area (Å²) in [7, 11) is 0. The Kier molecular flexibility index (Phi) is 6.84. The van der Waals surface area contributed by atoms with Gasteiger partial charge in [0.1, 0.15) is 18.0 Å². The summed E-state index contributed by atoms with van der Waals surface area (Å²) in [6.07, 6.45) is 2.84. The molecule has 2 amide bonds. The predicted octanol–water partition coefficient (Wildman–Crippen LogP) is 1.30. The Bertz CT molecular complexity index is 830. The largest absolute Gasteiger partial charge is 0.348 e. The predicted molar refractivity (Wildman–Crippen MR) is 97.9 cm³/mol. The van der Waals surface area contributed by atoms with Crippen molar-refractivity contribution in [3.8, 4) is 0 Å². The molecule has 1 aromatic heterocycles. The van der Waals surface area contributed by atoms with Crippen LogP contribution in [0.4, 0.5) is 5.69 Å². The Hall–Kier alpha value is -3.22. The van der Waals surface area contributed by atoms with Gasteiger partial charge in [-0.3, -0.25) is 14.4 Å². The number of hydrogen-bond donors (Lipinski definition) is 2. The highest BCUT2D eigenvalue weighted by atomic mass is 16.2. The number of nitrogens with one attached hydrogen (secondary N) is 2. The van der Waals surface area contributed by atoms with Crippen molar-refractivity contribution < 1.29 is 14.4 Å². The maximum absolute atomic E-state index is 12.5. The smallest absolute Gasteiger partial charge is 0.275 e. The second kappa shape index (κ2) is 9.31. The van der Waals surface area contributed by atoms with Crippen molar-refractivity contribution in [2.45, 2.75) is 25.8 Å². The third kappa shape index (κ3) is 5.14. The van der Waals surface area contributed by atoms with Gasteiger partial charge in [0.25, 0.3) is 5.56 Å². The summed E-state index contributed by atoms with van der Waals surface area (Å²) in [5, 5.41) is 5.00. The van der Waals surface area contributed by atoms with Crippen molar-refractivity contribution in [2.75, 3.05) is 11.9 Å². The summed E-state index contributed by atoms with van der Waals surface area (Å²) in [5.74, 6) is -0.728. The first-order valence-corrected chi connectivity index (χ1v) is 8.29. The molecule has 136 valence electrons. The number of amides is 2. The number of pyridine rings is 1. The molecule has 0 unspecified atom stereocenters. The first kappa shape index (κ1) is 19.1. The number of aryl methyl sites for hydroxylation is 1. The highest BCUT2D eigenvalue weighted by Gasteiger charge is 2.17. The molecule has 0 bridgehead atoms. The molecule has 1 aromatic carbocycles. The molecule has 0 aliphatic carbocycles. The first-order chi connectivity index (χ1) is 12.5. The second-order valence-electron chi connectivity index (χ2n) is 5.76. The molecule has 2 aromatic rings. The van der Waals surface area contributed by atoms with E-state index in [1.165, 1.54) is 16.8 Å². The molecule has 0 saturated heterocycles. The monoisotopic (exact) mass is 355 g/mol. The van der Waals surface area contributed by atoms with Crippen molar-refractivity contribution in [2.24, 2.45) is 0 Å². The summed E-state index contributed by atoms with van der Waals surface area (Å²) in [6.45, 7) is 1.43. The van der Waals surface area contributed by atoms with E-state index >= 15 is 0 Å². The van der Waals surface area contributed by atoms with Crippen LogP contribution in [0, 0.1) is 0 Å². The van der Waals surface area contributed by atoms with E-state index < -0.39 is 17.5 Å². The van der Waals surface area contributed by atoms with Gasteiger partial charge in [-0.05, 0) is 31.0 Å². The number of rotatable bonds is 8. The molecule has 7 heteroatoms. The lowest BCUT2D eigenvalue weighted by Gasteiger charge is -2.15. The quantitative estimate of drug-likeness (QED) is 0.698. The van der Waals surface area contributed by atoms with Crippen LogP contribution in [-0.2, 0) is 20.8 Å². The van der Waals surface area contributed by atoms with E-state index in [1.807, 2.05) is 30.3 Å². The summed E-state index contributed by atoms with van der Waals surface area (Å²) in [5.41, 5.74) is 0.670. The van der Waals surface area contributed by atoms with Crippen LogP contribution in [0.1, 0.15) is 24.9 Å². The Morgan fingerprint density at radius 1 is 1.15 bits per heavy atom. The fourth-order valence-electron chi connectivity index (χ4n) is 2.44. The Morgan fingerprint density at radius 3 is 2.58 bits per heavy atom. The Balaban J connectivity index is 2.03. The van der Waals surface area contributed by atoms with Crippen LogP contribution >= 0.6 is 0 Å². The average molecular weight is 355 g/mol. The summed E-state index contributed by atoms with van der Waals surface area (Å²) >= 11 is 0. The van der Waals surface area contributed by atoms with Gasteiger partial charge in [0.15, 0.2) is 0 Å². The van der Waals surface area contributed by atoms with Gasteiger partial charge in [0, 0.05) is 12.6 Å². The number of carbonyl (C=O) groups excluding carboxylic acids is 3. The fraction of sp³-hybridized carbons (Fsp3) is 0.263. The van der Waals surface area contributed by atoms with E-state index in [2.05, 4.69) is 10.6 Å². The highest BCUT2D eigenvalue weighted by molar-refractivity contribution is 5.90. The molecule has 0 spiro atoms. The van der Waals surface area contributed by atoms with E-state index in [4.69, 9.17) is 0 Å². The number of carbonyl (C=O) groups is 3. The molecule has 0 saturated carbocycles. The molecule has 0 radical (unpaired) electrons. The third-order valence-electron chi connectivity index (χ3n) is 3.89. The van der Waals surface area contributed by atoms with Crippen molar-refractivity contribution in [1.29, 1.82) is 0 Å². The summed E-state index contributed by atoms with van der Waals surface area (Å²) in [6, 6.07) is 11.9. The molecular weight excluding hydrogens is 334 g/mol. The molecule has 1 atom stereocenters. The number of aromatic nitrogens is 1. The summed E-state index contributed by atoms with van der Waals surface area (Å²) in [4.78, 5) is 46.9. The Labute approximate surface area is 151 Å². The number of nitrogens with zero attached hydrogens (tertiary/aromatic N) is 1. The van der Waals surface area contributed by atoms with Gasteiger partial charge in [-0.15, -0.1) is 0 Å². The average Bonchev–Trinajstić information content (AvgIpc) is 2.66. The molecule has 0 aliphatic heterocycles. The third-order valence-corrected chi connectivity index (χ3v) is 3.89. The highest BCUT2D eigenvalue weighted by Crippen LogP contribution is 2.08. The number of hydrogen-bond acceptors (Lipinski definition) is 4. The van der Waals surface area contributed by atoms with Gasteiger partial charge >= 0.3 is 0 Å². The van der Waals surface area contributed by atoms with E-state index in [0.29, 0.717) is 12.7 Å². The van der Waals surface area contributed by atoms with Crippen LogP contribution in [-0.4, -0.2) is 29.2 Å². The molecule has 0 fully saturated rings. The van der Waals surface area contributed by atoms with Crippen LogP contribution in [0.5, 0.6) is 0 Å². The maximum atomic E-state index is 12.5. The van der Waals surface area contributed by atoms with Crippen LogP contribution in [0.3, 0.4) is 0 Å². The summed E-state index contributed by atoms with van der Waals surface area (Å²) < 4.78 is 1.22. The minimum absolute atomic E-state index is 0.112. The van der Waals surface area contributed by atoms with Gasteiger partial charge in [-0.25, -0.2) is 0 Å². The lowest BCUT2D eigenvalue weighted by atomic mass is 10.1.